The van der Waals surface area contributed by atoms with Crippen LogP contribution in [0.1, 0.15) is 36.9 Å². The smallest absolute Gasteiger partial charge is 0.123 e. The first kappa shape index (κ1) is 19.7. The van der Waals surface area contributed by atoms with Crippen molar-refractivity contribution in [3.63, 3.8) is 0 Å². The molecule has 4 rings (SSSR count). The van der Waals surface area contributed by atoms with E-state index in [-0.39, 0.29) is 0 Å². The van der Waals surface area contributed by atoms with Crippen LogP contribution in [0.4, 0.5) is 0 Å². The van der Waals surface area contributed by atoms with E-state index in [1.165, 1.54) is 28.7 Å². The van der Waals surface area contributed by atoms with Gasteiger partial charge in [-0.15, -0.1) is 0 Å². The highest BCUT2D eigenvalue weighted by Crippen LogP contribution is 2.29. The second-order valence-corrected chi connectivity index (χ2v) is 7.91. The van der Waals surface area contributed by atoms with Crippen LogP contribution in [-0.4, -0.2) is 19.2 Å². The first-order valence-corrected chi connectivity index (χ1v) is 10.5. The first-order chi connectivity index (χ1) is 14.2. The Labute approximate surface area is 174 Å². The molecular weight excluding hydrogens is 356 g/mol. The van der Waals surface area contributed by atoms with Crippen LogP contribution in [0.5, 0.6) is 5.75 Å². The molecule has 150 valence electrons. The summed E-state index contributed by atoms with van der Waals surface area (Å²) in [5.74, 6) is 0.936. The Bertz CT molecular complexity index is 911. The SMILES string of the molecule is COc1ccc(-c2ccccc2)cc1CN[C@H]1CC[C@@H](C)N[C@H]1c1ccccc1. The van der Waals surface area contributed by atoms with E-state index in [0.29, 0.717) is 18.1 Å². The number of hydrogen-bond acceptors (Lipinski definition) is 3. The largest absolute Gasteiger partial charge is 0.496 e. The highest BCUT2D eigenvalue weighted by atomic mass is 16.5. The topological polar surface area (TPSA) is 33.3 Å². The molecule has 3 aromatic rings. The van der Waals surface area contributed by atoms with Crippen LogP contribution < -0.4 is 15.4 Å². The van der Waals surface area contributed by atoms with Gasteiger partial charge in [0.2, 0.25) is 0 Å². The van der Waals surface area contributed by atoms with Crippen molar-refractivity contribution in [1.29, 1.82) is 0 Å². The third-order valence-corrected chi connectivity index (χ3v) is 5.88. The van der Waals surface area contributed by atoms with E-state index < -0.39 is 0 Å². The van der Waals surface area contributed by atoms with E-state index in [1.807, 2.05) is 0 Å². The van der Waals surface area contributed by atoms with Gasteiger partial charge >= 0.3 is 0 Å². The molecule has 29 heavy (non-hydrogen) atoms. The number of ether oxygens (including phenoxy) is 1. The van der Waals surface area contributed by atoms with Crippen molar-refractivity contribution in [1.82, 2.24) is 10.6 Å². The Morgan fingerprint density at radius 2 is 1.62 bits per heavy atom. The standard InChI is InChI=1S/C26H30N2O/c1-19-13-15-24(26(28-19)21-11-7-4-8-12-21)27-18-23-17-22(14-16-25(23)29-2)20-9-5-3-6-10-20/h3-12,14,16-17,19,24,26-28H,13,15,18H2,1-2H3/t19-,24+,26+/m1/s1. The summed E-state index contributed by atoms with van der Waals surface area (Å²) in [4.78, 5) is 0. The van der Waals surface area contributed by atoms with Gasteiger partial charge < -0.3 is 15.4 Å². The fourth-order valence-corrected chi connectivity index (χ4v) is 4.28. The normalized spacial score (nSPS) is 21.7. The number of piperidine rings is 1. The lowest BCUT2D eigenvalue weighted by atomic mass is 9.89. The van der Waals surface area contributed by atoms with Gasteiger partial charge in [-0.2, -0.15) is 0 Å². The minimum atomic E-state index is 0.322. The lowest BCUT2D eigenvalue weighted by Crippen LogP contribution is -2.49. The lowest BCUT2D eigenvalue weighted by Gasteiger charge is -2.37. The second kappa shape index (κ2) is 9.25. The van der Waals surface area contributed by atoms with Crippen molar-refractivity contribution in [3.05, 3.63) is 90.0 Å². The molecule has 1 saturated heterocycles. The molecule has 2 N–H and O–H groups in total. The molecule has 1 aliphatic heterocycles. The molecule has 1 fully saturated rings. The predicted molar refractivity (Wildman–Crippen MR) is 120 cm³/mol. The zero-order valence-corrected chi connectivity index (χ0v) is 17.3. The van der Waals surface area contributed by atoms with Crippen molar-refractivity contribution in [2.24, 2.45) is 0 Å². The van der Waals surface area contributed by atoms with Gasteiger partial charge in [-0.25, -0.2) is 0 Å². The maximum Gasteiger partial charge on any atom is 0.123 e. The van der Waals surface area contributed by atoms with Crippen LogP contribution in [0.25, 0.3) is 11.1 Å². The van der Waals surface area contributed by atoms with Gasteiger partial charge in [0.1, 0.15) is 5.75 Å². The summed E-state index contributed by atoms with van der Waals surface area (Å²) >= 11 is 0. The quantitative estimate of drug-likeness (QED) is 0.600. The van der Waals surface area contributed by atoms with Crippen LogP contribution in [0.3, 0.4) is 0 Å². The van der Waals surface area contributed by atoms with E-state index in [2.05, 4.69) is 96.4 Å². The van der Waals surface area contributed by atoms with E-state index in [4.69, 9.17) is 4.74 Å². The zero-order valence-electron chi connectivity index (χ0n) is 17.3. The van der Waals surface area contributed by atoms with E-state index in [0.717, 1.165) is 18.7 Å². The summed E-state index contributed by atoms with van der Waals surface area (Å²) in [5, 5.41) is 7.61. The van der Waals surface area contributed by atoms with Crippen molar-refractivity contribution in [2.45, 2.75) is 44.4 Å². The average Bonchev–Trinajstić information content (AvgIpc) is 2.79. The first-order valence-electron chi connectivity index (χ1n) is 10.5. The average molecular weight is 387 g/mol. The molecule has 1 aliphatic rings. The lowest BCUT2D eigenvalue weighted by molar-refractivity contribution is 0.260. The highest BCUT2D eigenvalue weighted by Gasteiger charge is 2.29. The van der Waals surface area contributed by atoms with Crippen LogP contribution in [0.2, 0.25) is 0 Å². The Kier molecular flexibility index (Phi) is 6.28. The summed E-state index contributed by atoms with van der Waals surface area (Å²) in [6.45, 7) is 3.06. The van der Waals surface area contributed by atoms with E-state index in [9.17, 15) is 0 Å². The molecule has 0 unspecified atom stereocenters. The minimum absolute atomic E-state index is 0.322. The van der Waals surface area contributed by atoms with Crippen molar-refractivity contribution >= 4 is 0 Å². The van der Waals surface area contributed by atoms with Gasteiger partial charge in [0.15, 0.2) is 0 Å². The van der Waals surface area contributed by atoms with E-state index >= 15 is 0 Å². The molecule has 0 saturated carbocycles. The Hall–Kier alpha value is -2.62. The van der Waals surface area contributed by atoms with Crippen molar-refractivity contribution < 1.29 is 4.74 Å². The fourth-order valence-electron chi connectivity index (χ4n) is 4.28. The van der Waals surface area contributed by atoms with Gasteiger partial charge in [0.25, 0.3) is 0 Å². The molecule has 0 spiro atoms. The monoisotopic (exact) mass is 386 g/mol. The Morgan fingerprint density at radius 3 is 2.34 bits per heavy atom. The second-order valence-electron chi connectivity index (χ2n) is 7.91. The van der Waals surface area contributed by atoms with Crippen LogP contribution >= 0.6 is 0 Å². The maximum absolute atomic E-state index is 5.65. The van der Waals surface area contributed by atoms with Crippen molar-refractivity contribution in [2.75, 3.05) is 7.11 Å². The molecular formula is C26H30N2O. The number of hydrogen-bond donors (Lipinski definition) is 2. The van der Waals surface area contributed by atoms with Gasteiger partial charge in [-0.05, 0) is 48.6 Å². The number of methoxy groups -OCH3 is 1. The predicted octanol–water partition coefficient (Wildman–Crippen LogP) is 5.33. The molecule has 0 amide bonds. The van der Waals surface area contributed by atoms with Crippen LogP contribution in [0.15, 0.2) is 78.9 Å². The molecule has 0 aliphatic carbocycles. The third-order valence-electron chi connectivity index (χ3n) is 5.88. The molecule has 0 bridgehead atoms. The Morgan fingerprint density at radius 1 is 0.897 bits per heavy atom. The number of nitrogens with one attached hydrogen (secondary N) is 2. The van der Waals surface area contributed by atoms with E-state index in [1.54, 1.807) is 7.11 Å². The van der Waals surface area contributed by atoms with Gasteiger partial charge in [0, 0.05) is 30.2 Å². The number of rotatable bonds is 6. The summed E-state index contributed by atoms with van der Waals surface area (Å²) < 4.78 is 5.65. The molecule has 3 aromatic carbocycles. The molecule has 1 heterocycles. The van der Waals surface area contributed by atoms with Crippen LogP contribution in [-0.2, 0) is 6.54 Å². The minimum Gasteiger partial charge on any atom is -0.496 e. The summed E-state index contributed by atoms with van der Waals surface area (Å²) in [6.07, 6.45) is 2.34. The Balaban J connectivity index is 1.54. The highest BCUT2D eigenvalue weighted by molar-refractivity contribution is 5.65. The molecule has 3 nitrogen and oxygen atoms in total. The third kappa shape index (κ3) is 4.69. The molecule has 0 aromatic heterocycles. The van der Waals surface area contributed by atoms with Gasteiger partial charge in [-0.1, -0.05) is 66.7 Å². The molecule has 3 heteroatoms. The summed E-state index contributed by atoms with van der Waals surface area (Å²) in [6, 6.07) is 29.0. The van der Waals surface area contributed by atoms with Gasteiger partial charge in [-0.3, -0.25) is 0 Å². The fraction of sp³-hybridized carbons (Fsp3) is 0.308. The van der Waals surface area contributed by atoms with Gasteiger partial charge in [0.05, 0.1) is 7.11 Å². The summed E-state index contributed by atoms with van der Waals surface area (Å²) in [5.41, 5.74) is 4.99. The number of benzene rings is 3. The molecule has 3 atom stereocenters. The van der Waals surface area contributed by atoms with Crippen LogP contribution in [0, 0.1) is 0 Å². The zero-order chi connectivity index (χ0) is 20.1. The summed E-state index contributed by atoms with van der Waals surface area (Å²) in [7, 11) is 1.75. The molecule has 0 radical (unpaired) electrons. The van der Waals surface area contributed by atoms with Crippen molar-refractivity contribution in [3.8, 4) is 16.9 Å². The maximum atomic E-state index is 5.65.